The van der Waals surface area contributed by atoms with E-state index in [1.165, 1.54) is 10.0 Å². The summed E-state index contributed by atoms with van der Waals surface area (Å²) in [5.74, 6) is 1.13. The van der Waals surface area contributed by atoms with Crippen LogP contribution in [0.3, 0.4) is 0 Å². The Balaban J connectivity index is 1.55. The fourth-order valence-corrected chi connectivity index (χ4v) is 3.44. The summed E-state index contributed by atoms with van der Waals surface area (Å²) < 4.78 is 6.43. The number of ether oxygens (including phenoxy) is 1. The first-order valence-corrected chi connectivity index (χ1v) is 8.99. The van der Waals surface area contributed by atoms with Crippen molar-refractivity contribution in [2.45, 2.75) is 13.1 Å². The van der Waals surface area contributed by atoms with E-state index in [1.54, 1.807) is 19.2 Å². The third kappa shape index (κ3) is 4.29. The van der Waals surface area contributed by atoms with Crippen molar-refractivity contribution in [1.29, 1.82) is 0 Å². The van der Waals surface area contributed by atoms with Gasteiger partial charge in [0.2, 0.25) is 0 Å². The maximum Gasteiger partial charge on any atom is 0.120 e. The summed E-state index contributed by atoms with van der Waals surface area (Å²) >= 11 is 3.62. The van der Waals surface area contributed by atoms with Crippen molar-refractivity contribution >= 4 is 15.9 Å². The van der Waals surface area contributed by atoms with Gasteiger partial charge in [0.25, 0.3) is 0 Å². The monoisotopic (exact) mass is 390 g/mol. The molecule has 2 aromatic rings. The normalized spacial score (nSPS) is 16.2. The minimum atomic E-state index is 0.339. The second-order valence-electron chi connectivity index (χ2n) is 6.14. The Bertz CT molecular complexity index is 685. The van der Waals surface area contributed by atoms with E-state index >= 15 is 0 Å². The lowest BCUT2D eigenvalue weighted by Crippen LogP contribution is -2.45. The van der Waals surface area contributed by atoms with Crippen LogP contribution in [0.25, 0.3) is 0 Å². The van der Waals surface area contributed by atoms with Crippen LogP contribution in [0.1, 0.15) is 11.1 Å². The third-order valence-electron chi connectivity index (χ3n) is 4.50. The van der Waals surface area contributed by atoms with Gasteiger partial charge in [0.15, 0.2) is 0 Å². The number of hydrogen-bond donors (Lipinski definition) is 1. The lowest BCUT2D eigenvalue weighted by Gasteiger charge is -2.35. The van der Waals surface area contributed by atoms with E-state index in [0.29, 0.717) is 5.75 Å². The molecule has 0 aliphatic carbocycles. The van der Waals surface area contributed by atoms with Crippen LogP contribution in [0.2, 0.25) is 0 Å². The average Bonchev–Trinajstić information content (AvgIpc) is 2.60. The maximum absolute atomic E-state index is 10.0. The highest BCUT2D eigenvalue weighted by Crippen LogP contribution is 2.25. The molecule has 1 aliphatic heterocycles. The molecule has 1 fully saturated rings. The topological polar surface area (TPSA) is 35.9 Å². The number of methoxy groups -OCH3 is 1. The molecule has 0 amide bonds. The molecule has 0 aromatic heterocycles. The molecule has 1 N–H and O–H groups in total. The average molecular weight is 391 g/mol. The van der Waals surface area contributed by atoms with Crippen molar-refractivity contribution in [3.63, 3.8) is 0 Å². The molecular weight excluding hydrogens is 368 g/mol. The smallest absolute Gasteiger partial charge is 0.120 e. The number of piperazine rings is 1. The summed E-state index contributed by atoms with van der Waals surface area (Å²) in [6.07, 6.45) is 0. The molecule has 4 nitrogen and oxygen atoms in total. The van der Waals surface area contributed by atoms with Gasteiger partial charge < -0.3 is 9.84 Å². The van der Waals surface area contributed by atoms with Crippen molar-refractivity contribution < 1.29 is 9.84 Å². The lowest BCUT2D eigenvalue weighted by molar-refractivity contribution is 0.121. The number of hydrogen-bond acceptors (Lipinski definition) is 4. The number of phenols is 1. The summed E-state index contributed by atoms with van der Waals surface area (Å²) in [6, 6.07) is 13.8. The predicted molar refractivity (Wildman–Crippen MR) is 99.4 cm³/mol. The second kappa shape index (κ2) is 8.01. The van der Waals surface area contributed by atoms with Crippen molar-refractivity contribution in [2.24, 2.45) is 0 Å². The number of aromatic hydroxyl groups is 1. The molecule has 0 radical (unpaired) electrons. The largest absolute Gasteiger partial charge is 0.508 e. The van der Waals surface area contributed by atoms with Gasteiger partial charge in [0, 0.05) is 49.3 Å². The molecule has 0 bridgehead atoms. The summed E-state index contributed by atoms with van der Waals surface area (Å²) in [7, 11) is 1.65. The molecule has 0 unspecified atom stereocenters. The van der Waals surface area contributed by atoms with Gasteiger partial charge >= 0.3 is 0 Å². The Kier molecular flexibility index (Phi) is 5.76. The van der Waals surface area contributed by atoms with Crippen LogP contribution < -0.4 is 4.74 Å². The summed E-state index contributed by atoms with van der Waals surface area (Å²) in [5, 5.41) is 10.0. The molecule has 0 atom stereocenters. The SMILES string of the molecule is COc1ccc(O)c(CN2CCN(Cc3ccccc3Br)CC2)c1. The zero-order valence-electron chi connectivity index (χ0n) is 13.9. The van der Waals surface area contributed by atoms with Crippen LogP contribution in [-0.2, 0) is 13.1 Å². The Morgan fingerprint density at radius 2 is 1.58 bits per heavy atom. The fourth-order valence-electron chi connectivity index (χ4n) is 3.03. The van der Waals surface area contributed by atoms with Crippen molar-refractivity contribution in [2.75, 3.05) is 33.3 Å². The van der Waals surface area contributed by atoms with Gasteiger partial charge in [-0.05, 0) is 29.8 Å². The number of benzene rings is 2. The number of nitrogens with zero attached hydrogens (tertiary/aromatic N) is 2. The Hall–Kier alpha value is -1.56. The molecule has 5 heteroatoms. The van der Waals surface area contributed by atoms with E-state index in [0.717, 1.165) is 50.6 Å². The number of halogens is 1. The van der Waals surface area contributed by atoms with Crippen molar-refractivity contribution in [1.82, 2.24) is 9.80 Å². The molecule has 1 saturated heterocycles. The molecular formula is C19H23BrN2O2. The number of rotatable bonds is 5. The van der Waals surface area contributed by atoms with Crippen LogP contribution in [0.5, 0.6) is 11.5 Å². The van der Waals surface area contributed by atoms with E-state index in [-0.39, 0.29) is 0 Å². The first kappa shape index (κ1) is 17.3. The maximum atomic E-state index is 10.0. The minimum absolute atomic E-state index is 0.339. The Morgan fingerprint density at radius 1 is 0.958 bits per heavy atom. The van der Waals surface area contributed by atoms with Gasteiger partial charge in [-0.3, -0.25) is 9.80 Å². The van der Waals surface area contributed by atoms with E-state index < -0.39 is 0 Å². The Morgan fingerprint density at radius 3 is 2.21 bits per heavy atom. The van der Waals surface area contributed by atoms with E-state index in [4.69, 9.17) is 4.74 Å². The van der Waals surface area contributed by atoms with E-state index in [1.807, 2.05) is 12.1 Å². The molecule has 1 heterocycles. The second-order valence-corrected chi connectivity index (χ2v) is 6.99. The highest BCUT2D eigenvalue weighted by atomic mass is 79.9. The Labute approximate surface area is 151 Å². The quantitative estimate of drug-likeness (QED) is 0.847. The molecule has 2 aromatic carbocycles. The highest BCUT2D eigenvalue weighted by molar-refractivity contribution is 9.10. The van der Waals surface area contributed by atoms with Gasteiger partial charge in [-0.1, -0.05) is 34.1 Å². The van der Waals surface area contributed by atoms with Gasteiger partial charge in [0.05, 0.1) is 7.11 Å². The summed E-state index contributed by atoms with van der Waals surface area (Å²) in [4.78, 5) is 4.85. The van der Waals surface area contributed by atoms with Gasteiger partial charge in [-0.25, -0.2) is 0 Å². The van der Waals surface area contributed by atoms with Crippen LogP contribution >= 0.6 is 15.9 Å². The van der Waals surface area contributed by atoms with E-state index in [2.05, 4.69) is 43.9 Å². The van der Waals surface area contributed by atoms with Crippen molar-refractivity contribution in [3.8, 4) is 11.5 Å². The van der Waals surface area contributed by atoms with Crippen LogP contribution in [0.4, 0.5) is 0 Å². The standard InChI is InChI=1S/C19H23BrN2O2/c1-24-17-6-7-19(23)16(12-17)14-22-10-8-21(9-11-22)13-15-4-2-3-5-18(15)20/h2-7,12,23H,8-11,13-14H2,1H3. The third-order valence-corrected chi connectivity index (χ3v) is 5.27. The zero-order chi connectivity index (χ0) is 16.9. The molecule has 1 aliphatic rings. The fraction of sp³-hybridized carbons (Fsp3) is 0.368. The first-order chi connectivity index (χ1) is 11.7. The zero-order valence-corrected chi connectivity index (χ0v) is 15.5. The van der Waals surface area contributed by atoms with Crippen LogP contribution in [0, 0.1) is 0 Å². The summed E-state index contributed by atoms with van der Waals surface area (Å²) in [6.45, 7) is 5.80. The molecule has 0 saturated carbocycles. The van der Waals surface area contributed by atoms with Crippen LogP contribution in [0.15, 0.2) is 46.9 Å². The van der Waals surface area contributed by atoms with Gasteiger partial charge in [0.1, 0.15) is 11.5 Å². The van der Waals surface area contributed by atoms with E-state index in [9.17, 15) is 5.11 Å². The molecule has 0 spiro atoms. The van der Waals surface area contributed by atoms with Crippen LogP contribution in [-0.4, -0.2) is 48.2 Å². The minimum Gasteiger partial charge on any atom is -0.508 e. The van der Waals surface area contributed by atoms with Crippen molar-refractivity contribution in [3.05, 3.63) is 58.1 Å². The van der Waals surface area contributed by atoms with Gasteiger partial charge in [-0.15, -0.1) is 0 Å². The molecule has 3 rings (SSSR count). The molecule has 128 valence electrons. The summed E-state index contributed by atoms with van der Waals surface area (Å²) in [5.41, 5.74) is 2.25. The van der Waals surface area contributed by atoms with Gasteiger partial charge in [-0.2, -0.15) is 0 Å². The first-order valence-electron chi connectivity index (χ1n) is 8.19. The molecule has 24 heavy (non-hydrogen) atoms. The lowest BCUT2D eigenvalue weighted by atomic mass is 10.1. The highest BCUT2D eigenvalue weighted by Gasteiger charge is 2.19. The number of phenolic OH excluding ortho intramolecular Hbond substituents is 1. The predicted octanol–water partition coefficient (Wildman–Crippen LogP) is 3.48.